The number of carboxylic acid groups (broad SMARTS) is 1. The van der Waals surface area contributed by atoms with Gasteiger partial charge in [-0.25, -0.2) is 9.97 Å². The largest absolute Gasteiger partial charge is 0.543 e. The Labute approximate surface area is 220 Å². The quantitative estimate of drug-likeness (QED) is 0.161. The summed E-state index contributed by atoms with van der Waals surface area (Å²) in [4.78, 5) is 52.3. The summed E-state index contributed by atoms with van der Waals surface area (Å²) in [7, 11) is 0. The molecule has 38 heavy (non-hydrogen) atoms. The van der Waals surface area contributed by atoms with Crippen LogP contribution in [0.2, 0.25) is 0 Å². The molecule has 1 fully saturated rings. The second-order valence-corrected chi connectivity index (χ2v) is 9.64. The second kappa shape index (κ2) is 10.1. The number of aryl methyl sites for hydroxylation is 1. The van der Waals surface area contributed by atoms with E-state index < -0.39 is 29.2 Å². The van der Waals surface area contributed by atoms with Crippen LogP contribution in [-0.4, -0.2) is 62.1 Å². The van der Waals surface area contributed by atoms with Crippen molar-refractivity contribution in [2.75, 3.05) is 18.1 Å². The Morgan fingerprint density at radius 1 is 1.39 bits per heavy atom. The molecule has 3 N–H and O–H groups in total. The fraction of sp³-hybridized carbons (Fsp3) is 0.292. The van der Waals surface area contributed by atoms with Gasteiger partial charge in [0, 0.05) is 35.3 Å². The molecular weight excluding hydrogens is 514 g/mol. The van der Waals surface area contributed by atoms with Crippen LogP contribution in [0.1, 0.15) is 18.2 Å². The van der Waals surface area contributed by atoms with Crippen molar-refractivity contribution in [2.24, 2.45) is 5.16 Å². The standard InChI is InChI=1S/C24H23N7O6S/c1-3-36-29-17(13-8-26-24(25)27-9-13)20(32)28-18-21(33)31-19(23(34)35)14(11-38-22(18)31)10-30-6-4-5-16-15(30)7-12(2)37-16/h4-9,18,22H,3,10-11H2,1-2H3,(H3-,25,26,27,28,29,32,34,35)/t18?,22-/m1/s1. The number of nitrogens with one attached hydrogen (secondary N) is 1. The zero-order valence-electron chi connectivity index (χ0n) is 20.4. The third-order valence-electron chi connectivity index (χ3n) is 6.02. The molecule has 196 valence electrons. The van der Waals surface area contributed by atoms with E-state index >= 15 is 0 Å². The molecule has 0 saturated carbocycles. The summed E-state index contributed by atoms with van der Waals surface area (Å²) >= 11 is 1.35. The van der Waals surface area contributed by atoms with Crippen LogP contribution < -0.4 is 20.7 Å². The minimum absolute atomic E-state index is 0.0167. The van der Waals surface area contributed by atoms with Crippen molar-refractivity contribution in [1.29, 1.82) is 0 Å². The molecule has 0 radical (unpaired) electrons. The second-order valence-electron chi connectivity index (χ2n) is 8.53. The Bertz CT molecular complexity index is 1500. The first-order valence-electron chi connectivity index (χ1n) is 11.6. The molecule has 1 unspecified atom stereocenters. The molecular formula is C24H23N7O6S. The first-order valence-corrected chi connectivity index (χ1v) is 12.7. The highest BCUT2D eigenvalue weighted by atomic mass is 32.2. The van der Waals surface area contributed by atoms with E-state index in [0.29, 0.717) is 16.9 Å². The molecule has 3 aromatic rings. The number of thioether (sulfide) groups is 1. The summed E-state index contributed by atoms with van der Waals surface area (Å²) in [6.45, 7) is 3.95. The highest BCUT2D eigenvalue weighted by Crippen LogP contribution is 2.40. The number of hydrogen-bond acceptors (Lipinski definition) is 11. The Morgan fingerprint density at radius 2 is 2.16 bits per heavy atom. The number of nitrogens with zero attached hydrogens (tertiary/aromatic N) is 5. The van der Waals surface area contributed by atoms with Gasteiger partial charge in [0.1, 0.15) is 23.8 Å². The fourth-order valence-electron chi connectivity index (χ4n) is 4.34. The molecule has 13 nitrogen and oxygen atoms in total. The van der Waals surface area contributed by atoms with Crippen molar-refractivity contribution in [1.82, 2.24) is 20.2 Å². The average Bonchev–Trinajstić information content (AvgIpc) is 3.29. The van der Waals surface area contributed by atoms with Crippen LogP contribution in [0.4, 0.5) is 5.95 Å². The Balaban J connectivity index is 1.38. The van der Waals surface area contributed by atoms with Crippen LogP contribution in [-0.2, 0) is 25.8 Å². The molecule has 2 aliphatic heterocycles. The van der Waals surface area contributed by atoms with Crippen LogP contribution >= 0.6 is 11.8 Å². The van der Waals surface area contributed by atoms with E-state index in [1.54, 1.807) is 13.0 Å². The van der Waals surface area contributed by atoms with Crippen LogP contribution in [0, 0.1) is 6.92 Å². The van der Waals surface area contributed by atoms with Gasteiger partial charge in [0.25, 0.3) is 17.3 Å². The lowest BCUT2D eigenvalue weighted by Crippen LogP contribution is -2.71. The summed E-state index contributed by atoms with van der Waals surface area (Å²) in [6.07, 6.45) is 4.44. The maximum atomic E-state index is 13.1. The molecule has 5 heterocycles. The predicted octanol–water partition coefficient (Wildman–Crippen LogP) is -0.754. The van der Waals surface area contributed by atoms with Gasteiger partial charge in [-0.05, 0) is 19.9 Å². The SMILES string of the molecule is CCO/N=C(/C(=O)NC1C(=O)N2C(C(=O)[O-])=C(C[n+]3cccc4oc(C)cc43)CS[C@H]12)c1cnc(N)nc1. The Morgan fingerprint density at radius 3 is 2.87 bits per heavy atom. The monoisotopic (exact) mass is 537 g/mol. The Kier molecular flexibility index (Phi) is 6.72. The molecule has 5 rings (SSSR count). The fourth-order valence-corrected chi connectivity index (χ4v) is 5.67. The van der Waals surface area contributed by atoms with Crippen molar-refractivity contribution >= 4 is 52.3 Å². The van der Waals surface area contributed by atoms with E-state index in [1.807, 2.05) is 29.8 Å². The molecule has 2 atom stereocenters. The minimum atomic E-state index is -1.46. The average molecular weight is 538 g/mol. The highest BCUT2D eigenvalue weighted by molar-refractivity contribution is 8.00. The number of carbonyl (C=O) groups is 3. The van der Waals surface area contributed by atoms with Gasteiger partial charge in [0.2, 0.25) is 5.95 Å². The predicted molar refractivity (Wildman–Crippen MR) is 133 cm³/mol. The van der Waals surface area contributed by atoms with Gasteiger partial charge in [-0.2, -0.15) is 4.57 Å². The van der Waals surface area contributed by atoms with Gasteiger partial charge in [-0.3, -0.25) is 14.5 Å². The van der Waals surface area contributed by atoms with Crippen LogP contribution in [0.15, 0.2) is 57.6 Å². The number of nitrogen functional groups attached to an aromatic ring is 1. The number of amides is 2. The van der Waals surface area contributed by atoms with Crippen molar-refractivity contribution < 1.29 is 33.3 Å². The van der Waals surface area contributed by atoms with Gasteiger partial charge in [-0.15, -0.1) is 11.8 Å². The smallest absolute Gasteiger partial charge is 0.274 e. The summed E-state index contributed by atoms with van der Waals surface area (Å²) in [5, 5.41) is 18.0. The number of pyridine rings is 1. The number of aliphatic carboxylic acids is 1. The normalized spacial score (nSPS) is 19.3. The number of carbonyl (C=O) groups excluding carboxylic acids is 3. The lowest BCUT2D eigenvalue weighted by Gasteiger charge is -2.50. The third kappa shape index (κ3) is 4.53. The number of hydrogen-bond donors (Lipinski definition) is 2. The lowest BCUT2D eigenvalue weighted by molar-refractivity contribution is -0.663. The van der Waals surface area contributed by atoms with Crippen LogP contribution in [0.25, 0.3) is 11.1 Å². The van der Waals surface area contributed by atoms with E-state index in [4.69, 9.17) is 15.0 Å². The first-order chi connectivity index (χ1) is 18.3. The molecule has 14 heteroatoms. The molecule has 2 amide bonds. The number of rotatable bonds is 8. The molecule has 0 aromatic carbocycles. The number of oxime groups is 1. The molecule has 2 aliphatic rings. The summed E-state index contributed by atoms with van der Waals surface area (Å²) in [5.41, 5.74) is 7.41. The van der Waals surface area contributed by atoms with Crippen molar-refractivity contribution in [3.63, 3.8) is 0 Å². The number of furan rings is 1. The number of carboxylic acids is 1. The number of β-lactam (4-membered cyclic amide) rings is 1. The number of nitrogens with two attached hydrogens (primary N) is 1. The molecule has 3 aromatic heterocycles. The van der Waals surface area contributed by atoms with E-state index in [9.17, 15) is 19.5 Å². The molecule has 1 saturated heterocycles. The molecule has 0 bridgehead atoms. The van der Waals surface area contributed by atoms with Crippen LogP contribution in [0.5, 0.6) is 0 Å². The third-order valence-corrected chi connectivity index (χ3v) is 7.36. The van der Waals surface area contributed by atoms with Gasteiger partial charge in [0.05, 0.1) is 17.7 Å². The summed E-state index contributed by atoms with van der Waals surface area (Å²) in [6, 6.07) is 4.51. The maximum absolute atomic E-state index is 13.1. The summed E-state index contributed by atoms with van der Waals surface area (Å²) < 4.78 is 7.52. The first kappa shape index (κ1) is 25.2. The zero-order chi connectivity index (χ0) is 27.0. The van der Waals surface area contributed by atoms with Gasteiger partial charge in [0.15, 0.2) is 24.0 Å². The Hall–Kier alpha value is -4.46. The molecule has 0 aliphatic carbocycles. The van der Waals surface area contributed by atoms with Crippen molar-refractivity contribution in [3.8, 4) is 0 Å². The van der Waals surface area contributed by atoms with E-state index in [2.05, 4.69) is 20.4 Å². The zero-order valence-corrected chi connectivity index (χ0v) is 21.2. The number of aromatic nitrogens is 3. The van der Waals surface area contributed by atoms with E-state index in [0.717, 1.165) is 16.2 Å². The molecule has 0 spiro atoms. The van der Waals surface area contributed by atoms with E-state index in [-0.39, 0.29) is 36.1 Å². The minimum Gasteiger partial charge on any atom is -0.543 e. The number of anilines is 1. The number of fused-ring (bicyclic) bond motifs is 2. The van der Waals surface area contributed by atoms with Gasteiger partial charge < -0.3 is 30.2 Å². The van der Waals surface area contributed by atoms with Crippen molar-refractivity contribution in [2.45, 2.75) is 31.8 Å². The lowest BCUT2D eigenvalue weighted by atomic mass is 10.0. The summed E-state index contributed by atoms with van der Waals surface area (Å²) in [5.74, 6) is -1.68. The van der Waals surface area contributed by atoms with Gasteiger partial charge in [-0.1, -0.05) is 5.16 Å². The van der Waals surface area contributed by atoms with E-state index in [1.165, 1.54) is 24.2 Å². The topological polar surface area (TPSA) is 180 Å². The van der Waals surface area contributed by atoms with Crippen molar-refractivity contribution in [3.05, 3.63) is 59.4 Å². The maximum Gasteiger partial charge on any atom is 0.274 e. The van der Waals surface area contributed by atoms with Gasteiger partial charge >= 0.3 is 0 Å². The van der Waals surface area contributed by atoms with Crippen LogP contribution in [0.3, 0.4) is 0 Å². The highest BCUT2D eigenvalue weighted by Gasteiger charge is 2.53.